The van der Waals surface area contributed by atoms with E-state index in [1.165, 1.54) is 0 Å². The van der Waals surface area contributed by atoms with E-state index in [0.717, 1.165) is 36.0 Å². The van der Waals surface area contributed by atoms with Crippen LogP contribution in [0.3, 0.4) is 0 Å². The van der Waals surface area contributed by atoms with Gasteiger partial charge in [-0.3, -0.25) is 10.00 Å². The number of carboxylic acid groups (broad SMARTS) is 1. The molecule has 2 aromatic heterocycles. The molecule has 0 radical (unpaired) electrons. The van der Waals surface area contributed by atoms with E-state index in [2.05, 4.69) is 60.0 Å². The highest BCUT2D eigenvalue weighted by Crippen LogP contribution is 2.35. The molecule has 33 heavy (non-hydrogen) atoms. The number of hydrogen-bond acceptors (Lipinski definition) is 5. The summed E-state index contributed by atoms with van der Waals surface area (Å²) in [4.78, 5) is 18.7. The normalized spacial score (nSPS) is 17.4. The summed E-state index contributed by atoms with van der Waals surface area (Å²) in [5.74, 6) is 0.163. The molecule has 1 atom stereocenters. The molecule has 3 aromatic rings. The number of fused-ring (bicyclic) bond motifs is 1. The van der Waals surface area contributed by atoms with Crippen LogP contribution < -0.4 is 5.32 Å². The average molecular weight is 493 g/mol. The molecule has 0 spiro atoms. The zero-order valence-corrected chi connectivity index (χ0v) is 21.0. The number of aromatic nitrogens is 4. The number of aromatic carboxylic acids is 1. The Morgan fingerprint density at radius 1 is 1.33 bits per heavy atom. The van der Waals surface area contributed by atoms with Gasteiger partial charge >= 0.3 is 5.97 Å². The predicted octanol–water partition coefficient (Wildman–Crippen LogP) is 5.33. The van der Waals surface area contributed by atoms with E-state index in [0.29, 0.717) is 29.3 Å². The third-order valence-corrected chi connectivity index (χ3v) is 6.88. The zero-order chi connectivity index (χ0) is 24.1. The molecular weight excluding hydrogens is 463 g/mol. The Bertz CT molecular complexity index is 1190. The number of carbonyl (C=O) groups is 1. The molecule has 1 aliphatic rings. The molecule has 178 valence electrons. The van der Waals surface area contributed by atoms with E-state index in [9.17, 15) is 9.90 Å². The van der Waals surface area contributed by atoms with Gasteiger partial charge in [0.2, 0.25) is 0 Å². The fourth-order valence-corrected chi connectivity index (χ4v) is 5.23. The molecule has 1 aromatic carbocycles. The first-order valence-corrected chi connectivity index (χ1v) is 11.9. The Kier molecular flexibility index (Phi) is 6.37. The Morgan fingerprint density at radius 3 is 2.67 bits per heavy atom. The van der Waals surface area contributed by atoms with Gasteiger partial charge in [-0.15, -0.1) is 0 Å². The standard InChI is InChI=1S/C23H30Cl2N6O2/c1-12(2)30-7-6-13(11-30)31-18(27-20(25)19(31)22(32)33)10-26-21-14-8-15(23(3,4)5)16(24)9-17(14)28-29-21/h8-9,12-13H,6-7,10-11H2,1-5H3,(H,32,33)(H2,26,28,29). The summed E-state index contributed by atoms with van der Waals surface area (Å²) in [5, 5.41) is 22.2. The summed E-state index contributed by atoms with van der Waals surface area (Å²) in [6, 6.07) is 4.32. The smallest absolute Gasteiger partial charge is 0.355 e. The number of carboxylic acids is 1. The zero-order valence-electron chi connectivity index (χ0n) is 19.5. The van der Waals surface area contributed by atoms with Crippen molar-refractivity contribution in [2.24, 2.45) is 0 Å². The summed E-state index contributed by atoms with van der Waals surface area (Å²) in [6.45, 7) is 12.6. The van der Waals surface area contributed by atoms with Gasteiger partial charge in [-0.2, -0.15) is 5.10 Å². The van der Waals surface area contributed by atoms with Crippen LogP contribution >= 0.6 is 23.2 Å². The number of hydrogen-bond donors (Lipinski definition) is 3. The number of H-pyrrole nitrogens is 1. The molecule has 8 nitrogen and oxygen atoms in total. The highest BCUT2D eigenvalue weighted by molar-refractivity contribution is 6.32. The van der Waals surface area contributed by atoms with Gasteiger partial charge in [0.1, 0.15) is 5.82 Å². The van der Waals surface area contributed by atoms with Crippen molar-refractivity contribution in [3.8, 4) is 0 Å². The van der Waals surface area contributed by atoms with Gasteiger partial charge in [0.25, 0.3) is 0 Å². The van der Waals surface area contributed by atoms with Crippen molar-refractivity contribution < 1.29 is 9.90 Å². The Labute approximate surface area is 203 Å². The Morgan fingerprint density at radius 2 is 2.06 bits per heavy atom. The topological polar surface area (TPSA) is 99.1 Å². The Hall–Kier alpha value is -2.29. The van der Waals surface area contributed by atoms with Gasteiger partial charge in [0.05, 0.1) is 12.1 Å². The molecule has 10 heteroatoms. The van der Waals surface area contributed by atoms with Crippen molar-refractivity contribution in [3.63, 3.8) is 0 Å². The molecule has 1 fully saturated rings. The fraction of sp³-hybridized carbons (Fsp3) is 0.522. The maximum absolute atomic E-state index is 12.0. The number of nitrogens with one attached hydrogen (secondary N) is 2. The summed E-state index contributed by atoms with van der Waals surface area (Å²) in [5.41, 5.74) is 1.77. The van der Waals surface area contributed by atoms with Crippen LogP contribution in [0.2, 0.25) is 10.2 Å². The maximum Gasteiger partial charge on any atom is 0.355 e. The van der Waals surface area contributed by atoms with Crippen LogP contribution in [-0.4, -0.2) is 54.9 Å². The first-order valence-electron chi connectivity index (χ1n) is 11.1. The number of benzene rings is 1. The maximum atomic E-state index is 12.0. The SMILES string of the molecule is CC(C)N1CCC(n2c(CNc3n[nH]c4cc(Cl)c(C(C)(C)C)cc34)nc(Cl)c2C(=O)O)C1. The lowest BCUT2D eigenvalue weighted by Crippen LogP contribution is -2.29. The van der Waals surface area contributed by atoms with Crippen LogP contribution in [-0.2, 0) is 12.0 Å². The minimum atomic E-state index is -1.07. The highest BCUT2D eigenvalue weighted by atomic mass is 35.5. The fourth-order valence-electron chi connectivity index (χ4n) is 4.52. The molecule has 1 aliphatic heterocycles. The summed E-state index contributed by atoms with van der Waals surface area (Å²) in [7, 11) is 0. The molecule has 0 amide bonds. The molecule has 3 N–H and O–H groups in total. The number of nitrogens with zero attached hydrogens (tertiary/aromatic N) is 4. The molecule has 1 saturated heterocycles. The molecular formula is C23H30Cl2N6O2. The summed E-state index contributed by atoms with van der Waals surface area (Å²) >= 11 is 12.8. The van der Waals surface area contributed by atoms with Gasteiger partial charge in [-0.05, 0) is 43.4 Å². The number of anilines is 1. The van der Waals surface area contributed by atoms with Crippen LogP contribution in [0.15, 0.2) is 12.1 Å². The van der Waals surface area contributed by atoms with Crippen LogP contribution in [0.4, 0.5) is 5.82 Å². The van der Waals surface area contributed by atoms with Crippen molar-refractivity contribution in [1.82, 2.24) is 24.6 Å². The molecule has 0 bridgehead atoms. The van der Waals surface area contributed by atoms with E-state index >= 15 is 0 Å². The van der Waals surface area contributed by atoms with E-state index in [1.54, 1.807) is 4.57 Å². The van der Waals surface area contributed by atoms with Crippen LogP contribution in [0, 0.1) is 0 Å². The van der Waals surface area contributed by atoms with Gasteiger partial charge in [0, 0.05) is 35.6 Å². The molecule has 0 saturated carbocycles. The van der Waals surface area contributed by atoms with Gasteiger partial charge < -0.3 is 15.0 Å². The number of likely N-dealkylation sites (tertiary alicyclic amines) is 1. The lowest BCUT2D eigenvalue weighted by Gasteiger charge is -2.22. The lowest BCUT2D eigenvalue weighted by molar-refractivity contribution is 0.0682. The molecule has 0 aliphatic carbocycles. The van der Waals surface area contributed by atoms with Crippen molar-refractivity contribution >= 4 is 45.9 Å². The van der Waals surface area contributed by atoms with Crippen molar-refractivity contribution in [3.05, 3.63) is 39.4 Å². The molecule has 3 heterocycles. The average Bonchev–Trinajstić information content (AvgIpc) is 3.41. The summed E-state index contributed by atoms with van der Waals surface area (Å²) in [6.07, 6.45) is 0.844. The second-order valence-electron chi connectivity index (χ2n) is 9.93. The van der Waals surface area contributed by atoms with Crippen LogP contribution in [0.5, 0.6) is 0 Å². The second kappa shape index (κ2) is 8.81. The highest BCUT2D eigenvalue weighted by Gasteiger charge is 2.32. The lowest BCUT2D eigenvalue weighted by atomic mass is 9.86. The minimum Gasteiger partial charge on any atom is -0.476 e. The number of halogens is 2. The predicted molar refractivity (Wildman–Crippen MR) is 132 cm³/mol. The second-order valence-corrected chi connectivity index (χ2v) is 10.7. The van der Waals surface area contributed by atoms with E-state index in [1.807, 2.05) is 12.1 Å². The monoisotopic (exact) mass is 492 g/mol. The van der Waals surface area contributed by atoms with Gasteiger partial charge in [-0.25, -0.2) is 9.78 Å². The van der Waals surface area contributed by atoms with Crippen molar-refractivity contribution in [2.75, 3.05) is 18.4 Å². The van der Waals surface area contributed by atoms with Crippen molar-refractivity contribution in [2.45, 2.75) is 65.1 Å². The van der Waals surface area contributed by atoms with Crippen molar-refractivity contribution in [1.29, 1.82) is 0 Å². The van der Waals surface area contributed by atoms with Crippen LogP contribution in [0.25, 0.3) is 10.9 Å². The third-order valence-electron chi connectivity index (χ3n) is 6.31. The van der Waals surface area contributed by atoms with Crippen LogP contribution in [0.1, 0.15) is 69.0 Å². The minimum absolute atomic E-state index is 0.00229. The number of rotatable bonds is 6. The Balaban J connectivity index is 1.66. The quantitative estimate of drug-likeness (QED) is 0.430. The van der Waals surface area contributed by atoms with E-state index in [4.69, 9.17) is 23.2 Å². The van der Waals surface area contributed by atoms with Gasteiger partial charge in [-0.1, -0.05) is 44.0 Å². The van der Waals surface area contributed by atoms with Gasteiger partial charge in [0.15, 0.2) is 16.7 Å². The van der Waals surface area contributed by atoms with E-state index in [-0.39, 0.29) is 22.3 Å². The van der Waals surface area contributed by atoms with E-state index < -0.39 is 5.97 Å². The first kappa shape index (κ1) is 23.9. The largest absolute Gasteiger partial charge is 0.476 e. The number of imidazole rings is 1. The number of aromatic amines is 1. The first-order chi connectivity index (χ1) is 15.5. The molecule has 4 rings (SSSR count). The summed E-state index contributed by atoms with van der Waals surface area (Å²) < 4.78 is 1.78. The third kappa shape index (κ3) is 4.56. The molecule has 1 unspecified atom stereocenters.